The van der Waals surface area contributed by atoms with Gasteiger partial charge in [0.1, 0.15) is 0 Å². The van der Waals surface area contributed by atoms with E-state index < -0.39 is 0 Å². The Kier molecular flexibility index (Phi) is 4.95. The Hall–Kier alpha value is -3.33. The Labute approximate surface area is 146 Å². The number of methoxy groups -OCH3 is 2. The molecule has 1 unspecified atom stereocenters. The lowest BCUT2D eigenvalue weighted by molar-refractivity contribution is 0.215. The summed E-state index contributed by atoms with van der Waals surface area (Å²) in [6.07, 6.45) is 6.36. The number of nitriles is 1. The van der Waals surface area contributed by atoms with Crippen LogP contribution in [0.3, 0.4) is 0 Å². The molecule has 1 aliphatic carbocycles. The minimum Gasteiger partial charge on any atom is -0.493 e. The second-order valence-corrected chi connectivity index (χ2v) is 5.45. The Morgan fingerprint density at radius 1 is 1.20 bits per heavy atom. The molecule has 3 rings (SSSR count). The van der Waals surface area contributed by atoms with Crippen molar-refractivity contribution in [2.45, 2.75) is 12.5 Å². The predicted octanol–water partition coefficient (Wildman–Crippen LogP) is 3.26. The van der Waals surface area contributed by atoms with E-state index in [1.165, 1.54) is 0 Å². The molecule has 0 aliphatic heterocycles. The number of aromatic nitrogens is 2. The van der Waals surface area contributed by atoms with Crippen molar-refractivity contribution in [1.82, 2.24) is 9.97 Å². The molecule has 6 heteroatoms. The summed E-state index contributed by atoms with van der Waals surface area (Å²) < 4.78 is 10.6. The number of rotatable bonds is 5. The van der Waals surface area contributed by atoms with Crippen LogP contribution in [0.5, 0.6) is 0 Å². The third-order valence-corrected chi connectivity index (χ3v) is 3.85. The molecule has 2 aromatic rings. The summed E-state index contributed by atoms with van der Waals surface area (Å²) in [5.41, 5.74) is 2.24. The molecule has 0 fully saturated rings. The number of nitrogens with one attached hydrogen (secondary N) is 1. The van der Waals surface area contributed by atoms with Gasteiger partial charge >= 0.3 is 0 Å². The third kappa shape index (κ3) is 3.78. The van der Waals surface area contributed by atoms with Gasteiger partial charge in [-0.15, -0.1) is 0 Å². The summed E-state index contributed by atoms with van der Waals surface area (Å²) in [6, 6.07) is 11.3. The second-order valence-electron chi connectivity index (χ2n) is 5.45. The average Bonchev–Trinajstić information content (AvgIpc) is 2.68. The molecule has 126 valence electrons. The molecule has 0 amide bonds. The van der Waals surface area contributed by atoms with Gasteiger partial charge in [0, 0.05) is 11.8 Å². The van der Waals surface area contributed by atoms with Crippen molar-refractivity contribution in [3.8, 4) is 17.3 Å². The van der Waals surface area contributed by atoms with E-state index in [0.29, 0.717) is 17.3 Å². The molecule has 0 spiro atoms. The fourth-order valence-corrected chi connectivity index (χ4v) is 2.62. The first kappa shape index (κ1) is 16.5. The first-order valence-corrected chi connectivity index (χ1v) is 7.84. The summed E-state index contributed by atoms with van der Waals surface area (Å²) in [5, 5.41) is 12.3. The molecule has 1 atom stereocenters. The van der Waals surface area contributed by atoms with Crippen molar-refractivity contribution >= 4 is 5.95 Å². The first-order valence-electron chi connectivity index (χ1n) is 7.84. The quantitative estimate of drug-likeness (QED) is 0.904. The zero-order chi connectivity index (χ0) is 17.6. The van der Waals surface area contributed by atoms with Crippen LogP contribution in [0.2, 0.25) is 0 Å². The van der Waals surface area contributed by atoms with Crippen LogP contribution < -0.4 is 5.32 Å². The van der Waals surface area contributed by atoms with Crippen LogP contribution in [0, 0.1) is 11.3 Å². The van der Waals surface area contributed by atoms with Crippen molar-refractivity contribution in [2.75, 3.05) is 19.5 Å². The smallest absolute Gasteiger partial charge is 0.223 e. The normalized spacial score (nSPS) is 16.3. The minimum atomic E-state index is 0.00884. The number of hydrogen-bond donors (Lipinski definition) is 1. The lowest BCUT2D eigenvalue weighted by atomic mass is 10.1. The molecule has 0 saturated carbocycles. The van der Waals surface area contributed by atoms with Gasteiger partial charge in [-0.25, -0.2) is 9.97 Å². The summed E-state index contributed by atoms with van der Waals surface area (Å²) in [5.74, 6) is 1.93. The van der Waals surface area contributed by atoms with Gasteiger partial charge < -0.3 is 14.8 Å². The fourth-order valence-electron chi connectivity index (χ4n) is 2.62. The van der Waals surface area contributed by atoms with Gasteiger partial charge in [-0.2, -0.15) is 5.26 Å². The van der Waals surface area contributed by atoms with Crippen LogP contribution in [0.15, 0.2) is 60.2 Å². The van der Waals surface area contributed by atoms with E-state index in [4.69, 9.17) is 14.7 Å². The maximum atomic E-state index is 9.04. The largest absolute Gasteiger partial charge is 0.493 e. The zero-order valence-electron chi connectivity index (χ0n) is 14.1. The molecule has 1 aliphatic rings. The number of ether oxygens (including phenoxy) is 2. The Balaban J connectivity index is 1.80. The third-order valence-electron chi connectivity index (χ3n) is 3.85. The van der Waals surface area contributed by atoms with E-state index in [0.717, 1.165) is 23.4 Å². The number of benzene rings is 1. The highest BCUT2D eigenvalue weighted by Crippen LogP contribution is 2.23. The number of hydrogen-bond acceptors (Lipinski definition) is 6. The summed E-state index contributed by atoms with van der Waals surface area (Å²) in [7, 11) is 3.23. The molecule has 1 aromatic carbocycles. The van der Waals surface area contributed by atoms with Crippen molar-refractivity contribution < 1.29 is 9.47 Å². The van der Waals surface area contributed by atoms with Crippen LogP contribution in [0.4, 0.5) is 5.95 Å². The summed E-state index contributed by atoms with van der Waals surface area (Å²) >= 11 is 0. The molecule has 0 bridgehead atoms. The monoisotopic (exact) mass is 334 g/mol. The maximum absolute atomic E-state index is 9.04. The molecular formula is C19H18N4O2. The van der Waals surface area contributed by atoms with Crippen molar-refractivity contribution in [3.05, 3.63) is 65.8 Å². The highest BCUT2D eigenvalue weighted by molar-refractivity contribution is 5.62. The van der Waals surface area contributed by atoms with Crippen LogP contribution >= 0.6 is 0 Å². The van der Waals surface area contributed by atoms with Gasteiger partial charge in [0.25, 0.3) is 0 Å². The van der Waals surface area contributed by atoms with Gasteiger partial charge in [-0.1, -0.05) is 12.1 Å². The highest BCUT2D eigenvalue weighted by Gasteiger charge is 2.17. The summed E-state index contributed by atoms with van der Waals surface area (Å²) in [4.78, 5) is 8.83. The lowest BCUT2D eigenvalue weighted by Gasteiger charge is -2.21. The van der Waals surface area contributed by atoms with E-state index in [9.17, 15) is 0 Å². The zero-order valence-corrected chi connectivity index (χ0v) is 14.1. The minimum absolute atomic E-state index is 0.00884. The van der Waals surface area contributed by atoms with E-state index in [1.54, 1.807) is 26.5 Å². The van der Waals surface area contributed by atoms with Crippen LogP contribution in [0.25, 0.3) is 11.3 Å². The molecule has 0 saturated heterocycles. The Morgan fingerprint density at radius 2 is 2.04 bits per heavy atom. The molecule has 25 heavy (non-hydrogen) atoms. The van der Waals surface area contributed by atoms with E-state index in [1.807, 2.05) is 36.4 Å². The molecular weight excluding hydrogens is 316 g/mol. The van der Waals surface area contributed by atoms with Crippen LogP contribution in [0.1, 0.15) is 12.0 Å². The van der Waals surface area contributed by atoms with Crippen molar-refractivity contribution in [1.29, 1.82) is 5.26 Å². The lowest BCUT2D eigenvalue weighted by Crippen LogP contribution is -2.22. The average molecular weight is 334 g/mol. The van der Waals surface area contributed by atoms with Gasteiger partial charge in [0.15, 0.2) is 11.5 Å². The Morgan fingerprint density at radius 3 is 2.80 bits per heavy atom. The second kappa shape index (κ2) is 7.49. The van der Waals surface area contributed by atoms with Gasteiger partial charge in [0.05, 0.1) is 37.6 Å². The SMILES string of the molecule is COC1=CCC(Nc2nccc(-c3cccc(C#N)c3)n2)C=C1OC. The topological polar surface area (TPSA) is 80.1 Å². The van der Waals surface area contributed by atoms with Crippen molar-refractivity contribution in [3.63, 3.8) is 0 Å². The van der Waals surface area contributed by atoms with E-state index >= 15 is 0 Å². The molecule has 0 radical (unpaired) electrons. The fraction of sp³-hybridized carbons (Fsp3) is 0.211. The Bertz CT molecular complexity index is 868. The van der Waals surface area contributed by atoms with E-state index in [2.05, 4.69) is 21.4 Å². The standard InChI is InChI=1S/C19H18N4O2/c1-24-17-7-6-15(11-18(17)25-2)22-19-21-9-8-16(23-19)14-5-3-4-13(10-14)12-20/h3-5,7-11,15H,6H2,1-2H3,(H,21,22,23). The number of nitrogens with zero attached hydrogens (tertiary/aromatic N) is 3. The predicted molar refractivity (Wildman–Crippen MR) is 94.4 cm³/mol. The van der Waals surface area contributed by atoms with Gasteiger partial charge in [-0.05, 0) is 36.8 Å². The molecule has 6 nitrogen and oxygen atoms in total. The molecule has 1 aromatic heterocycles. The number of anilines is 1. The summed E-state index contributed by atoms with van der Waals surface area (Å²) in [6.45, 7) is 0. The maximum Gasteiger partial charge on any atom is 0.223 e. The van der Waals surface area contributed by atoms with E-state index in [-0.39, 0.29) is 6.04 Å². The van der Waals surface area contributed by atoms with Crippen LogP contribution in [-0.4, -0.2) is 30.2 Å². The highest BCUT2D eigenvalue weighted by atomic mass is 16.5. The molecule has 1 heterocycles. The van der Waals surface area contributed by atoms with Crippen molar-refractivity contribution in [2.24, 2.45) is 0 Å². The van der Waals surface area contributed by atoms with Gasteiger partial charge in [0.2, 0.25) is 5.95 Å². The first-order chi connectivity index (χ1) is 12.2. The molecule has 1 N–H and O–H groups in total. The van der Waals surface area contributed by atoms with Gasteiger partial charge in [-0.3, -0.25) is 0 Å². The van der Waals surface area contributed by atoms with Crippen LogP contribution in [-0.2, 0) is 9.47 Å².